The van der Waals surface area contributed by atoms with Gasteiger partial charge in [-0.2, -0.15) is 0 Å². The molecule has 0 aliphatic heterocycles. The minimum absolute atomic E-state index is 0.551. The third-order valence-corrected chi connectivity index (χ3v) is 3.71. The first-order valence-electron chi connectivity index (χ1n) is 8.57. The SMILES string of the molecule is COc1cc(Nc2cnc(Nc3cccc(CC(C)C)c3)nc2)ccn1. The van der Waals surface area contributed by atoms with Crippen LogP contribution in [-0.4, -0.2) is 22.1 Å². The zero-order chi connectivity index (χ0) is 18.4. The van der Waals surface area contributed by atoms with Gasteiger partial charge < -0.3 is 15.4 Å². The fourth-order valence-corrected chi connectivity index (χ4v) is 2.60. The van der Waals surface area contributed by atoms with Gasteiger partial charge in [0.15, 0.2) is 0 Å². The van der Waals surface area contributed by atoms with Crippen LogP contribution in [0.15, 0.2) is 55.0 Å². The lowest BCUT2D eigenvalue weighted by Gasteiger charge is -2.10. The molecule has 0 saturated heterocycles. The number of hydrogen-bond acceptors (Lipinski definition) is 6. The Bertz CT molecular complexity index is 849. The van der Waals surface area contributed by atoms with E-state index >= 15 is 0 Å². The average Bonchev–Trinajstić information content (AvgIpc) is 2.63. The third kappa shape index (κ3) is 4.92. The number of ether oxygens (including phenoxy) is 1. The van der Waals surface area contributed by atoms with E-state index in [1.807, 2.05) is 24.3 Å². The normalized spacial score (nSPS) is 10.6. The molecule has 0 fully saturated rings. The largest absolute Gasteiger partial charge is 0.481 e. The van der Waals surface area contributed by atoms with Gasteiger partial charge in [-0.15, -0.1) is 0 Å². The Hall–Kier alpha value is -3.15. The fourth-order valence-electron chi connectivity index (χ4n) is 2.60. The van der Waals surface area contributed by atoms with Crippen LogP contribution in [0.4, 0.5) is 23.0 Å². The summed E-state index contributed by atoms with van der Waals surface area (Å²) in [5.41, 5.74) is 3.94. The highest BCUT2D eigenvalue weighted by Crippen LogP contribution is 2.20. The second kappa shape index (κ2) is 8.29. The summed E-state index contributed by atoms with van der Waals surface area (Å²) in [6.45, 7) is 4.43. The summed E-state index contributed by atoms with van der Waals surface area (Å²) in [4.78, 5) is 12.8. The molecular formula is C20H23N5O. The lowest BCUT2D eigenvalue weighted by atomic mass is 10.0. The molecule has 134 valence electrons. The molecule has 0 bridgehead atoms. The molecule has 0 amide bonds. The summed E-state index contributed by atoms with van der Waals surface area (Å²) >= 11 is 0. The van der Waals surface area contributed by atoms with Gasteiger partial charge in [0.2, 0.25) is 11.8 Å². The van der Waals surface area contributed by atoms with Crippen molar-refractivity contribution in [1.29, 1.82) is 0 Å². The van der Waals surface area contributed by atoms with Crippen LogP contribution >= 0.6 is 0 Å². The van der Waals surface area contributed by atoms with Crippen LogP contribution in [0.2, 0.25) is 0 Å². The van der Waals surface area contributed by atoms with Gasteiger partial charge in [0.25, 0.3) is 0 Å². The van der Waals surface area contributed by atoms with Crippen LogP contribution in [0.1, 0.15) is 19.4 Å². The van der Waals surface area contributed by atoms with Gasteiger partial charge in [-0.05, 0) is 36.1 Å². The maximum atomic E-state index is 5.12. The third-order valence-electron chi connectivity index (χ3n) is 3.71. The Labute approximate surface area is 153 Å². The molecule has 0 radical (unpaired) electrons. The second-order valence-electron chi connectivity index (χ2n) is 6.43. The first kappa shape index (κ1) is 17.7. The van der Waals surface area contributed by atoms with Gasteiger partial charge in [-0.3, -0.25) is 0 Å². The molecule has 3 rings (SSSR count). The van der Waals surface area contributed by atoms with E-state index in [9.17, 15) is 0 Å². The van der Waals surface area contributed by atoms with Gasteiger partial charge in [0.05, 0.1) is 25.2 Å². The summed E-state index contributed by atoms with van der Waals surface area (Å²) in [6.07, 6.45) is 6.21. The number of methoxy groups -OCH3 is 1. The van der Waals surface area contributed by atoms with Crippen molar-refractivity contribution in [3.63, 3.8) is 0 Å². The average molecular weight is 349 g/mol. The molecule has 3 aromatic rings. The first-order chi connectivity index (χ1) is 12.6. The van der Waals surface area contributed by atoms with Crippen LogP contribution in [0.25, 0.3) is 0 Å². The lowest BCUT2D eigenvalue weighted by molar-refractivity contribution is 0.398. The number of benzene rings is 1. The summed E-state index contributed by atoms with van der Waals surface area (Å²) in [5.74, 6) is 1.73. The summed E-state index contributed by atoms with van der Waals surface area (Å²) in [5, 5.41) is 6.47. The van der Waals surface area contributed by atoms with E-state index in [0.29, 0.717) is 17.7 Å². The van der Waals surface area contributed by atoms with Crippen molar-refractivity contribution in [3.8, 4) is 5.88 Å². The molecule has 0 unspecified atom stereocenters. The van der Waals surface area contributed by atoms with E-state index < -0.39 is 0 Å². The highest BCUT2D eigenvalue weighted by atomic mass is 16.5. The predicted molar refractivity (Wildman–Crippen MR) is 104 cm³/mol. The van der Waals surface area contributed by atoms with Crippen molar-refractivity contribution in [2.24, 2.45) is 5.92 Å². The zero-order valence-corrected chi connectivity index (χ0v) is 15.2. The van der Waals surface area contributed by atoms with Crippen molar-refractivity contribution in [1.82, 2.24) is 15.0 Å². The highest BCUT2D eigenvalue weighted by Gasteiger charge is 2.03. The van der Waals surface area contributed by atoms with Crippen LogP contribution in [0.5, 0.6) is 5.88 Å². The molecule has 2 N–H and O–H groups in total. The van der Waals surface area contributed by atoms with E-state index in [1.54, 1.807) is 25.7 Å². The number of hydrogen-bond donors (Lipinski definition) is 2. The monoisotopic (exact) mass is 349 g/mol. The predicted octanol–water partition coefficient (Wildman–Crippen LogP) is 4.57. The minimum atomic E-state index is 0.551. The Balaban J connectivity index is 1.66. The summed E-state index contributed by atoms with van der Waals surface area (Å²) in [6, 6.07) is 12.0. The first-order valence-corrected chi connectivity index (χ1v) is 8.57. The van der Waals surface area contributed by atoms with Crippen LogP contribution in [0, 0.1) is 5.92 Å². The minimum Gasteiger partial charge on any atom is -0.481 e. The number of anilines is 4. The molecule has 26 heavy (non-hydrogen) atoms. The molecule has 2 aromatic heterocycles. The Morgan fingerprint density at radius 2 is 1.69 bits per heavy atom. The molecule has 0 aliphatic rings. The van der Waals surface area contributed by atoms with Crippen LogP contribution in [-0.2, 0) is 6.42 Å². The lowest BCUT2D eigenvalue weighted by Crippen LogP contribution is -2.00. The van der Waals surface area contributed by atoms with Gasteiger partial charge in [-0.25, -0.2) is 15.0 Å². The van der Waals surface area contributed by atoms with Crippen molar-refractivity contribution in [3.05, 3.63) is 60.6 Å². The molecular weight excluding hydrogens is 326 g/mol. The molecule has 0 atom stereocenters. The number of aromatic nitrogens is 3. The van der Waals surface area contributed by atoms with Crippen molar-refractivity contribution in [2.75, 3.05) is 17.7 Å². The maximum Gasteiger partial charge on any atom is 0.227 e. The van der Waals surface area contributed by atoms with Gasteiger partial charge >= 0.3 is 0 Å². The molecule has 0 saturated carbocycles. The fraction of sp³-hybridized carbons (Fsp3) is 0.250. The van der Waals surface area contributed by atoms with E-state index in [0.717, 1.165) is 23.5 Å². The van der Waals surface area contributed by atoms with Crippen molar-refractivity contribution in [2.45, 2.75) is 20.3 Å². The van der Waals surface area contributed by atoms with E-state index in [1.165, 1.54) is 5.56 Å². The Morgan fingerprint density at radius 1 is 0.923 bits per heavy atom. The molecule has 0 aliphatic carbocycles. The number of pyridine rings is 1. The Kier molecular flexibility index (Phi) is 5.63. The topological polar surface area (TPSA) is 72.0 Å². The number of rotatable bonds is 7. The molecule has 6 heteroatoms. The quantitative estimate of drug-likeness (QED) is 0.651. The van der Waals surface area contributed by atoms with Gasteiger partial charge in [0, 0.05) is 23.6 Å². The maximum absolute atomic E-state index is 5.12. The molecule has 2 heterocycles. The second-order valence-corrected chi connectivity index (χ2v) is 6.43. The summed E-state index contributed by atoms with van der Waals surface area (Å²) < 4.78 is 5.12. The highest BCUT2D eigenvalue weighted by molar-refractivity contribution is 5.60. The standard InChI is InChI=1S/C20H23N5O/c1-14(2)9-15-5-4-6-16(10-15)25-20-22-12-18(13-23-20)24-17-7-8-21-19(11-17)26-3/h4-8,10-14H,9H2,1-3H3,(H,21,24)(H,22,23,25). The van der Waals surface area contributed by atoms with Crippen LogP contribution < -0.4 is 15.4 Å². The van der Waals surface area contributed by atoms with E-state index in [4.69, 9.17) is 4.74 Å². The number of nitrogens with zero attached hydrogens (tertiary/aromatic N) is 3. The zero-order valence-electron chi connectivity index (χ0n) is 15.2. The van der Waals surface area contributed by atoms with Gasteiger partial charge in [0.1, 0.15) is 0 Å². The smallest absolute Gasteiger partial charge is 0.227 e. The van der Waals surface area contributed by atoms with E-state index in [2.05, 4.69) is 51.6 Å². The number of nitrogens with one attached hydrogen (secondary N) is 2. The summed E-state index contributed by atoms with van der Waals surface area (Å²) in [7, 11) is 1.59. The van der Waals surface area contributed by atoms with Gasteiger partial charge in [-0.1, -0.05) is 26.0 Å². The molecule has 0 spiro atoms. The van der Waals surface area contributed by atoms with Crippen molar-refractivity contribution < 1.29 is 4.74 Å². The molecule has 6 nitrogen and oxygen atoms in total. The van der Waals surface area contributed by atoms with Crippen molar-refractivity contribution >= 4 is 23.0 Å². The molecule has 1 aromatic carbocycles. The Morgan fingerprint density at radius 3 is 2.42 bits per heavy atom. The van der Waals surface area contributed by atoms with E-state index in [-0.39, 0.29) is 0 Å². The van der Waals surface area contributed by atoms with Crippen LogP contribution in [0.3, 0.4) is 0 Å².